The molecule has 6 nitrogen and oxygen atoms in total. The summed E-state index contributed by atoms with van der Waals surface area (Å²) in [5, 5.41) is 19.7. The number of rotatable bonds is 2. The van der Waals surface area contributed by atoms with Crippen molar-refractivity contribution in [1.82, 2.24) is 10.2 Å². The van der Waals surface area contributed by atoms with E-state index in [4.69, 9.17) is 11.0 Å². The fourth-order valence-electron chi connectivity index (χ4n) is 1.14. The van der Waals surface area contributed by atoms with Crippen molar-refractivity contribution in [2.45, 2.75) is 0 Å². The first kappa shape index (κ1) is 10.2. The van der Waals surface area contributed by atoms with E-state index in [0.29, 0.717) is 10.6 Å². The molecule has 0 fully saturated rings. The Balaban J connectivity index is 2.21. The Morgan fingerprint density at radius 2 is 2.50 bits per heavy atom. The number of thiophene rings is 1. The fourth-order valence-corrected chi connectivity index (χ4v) is 1.87. The van der Waals surface area contributed by atoms with E-state index in [1.54, 1.807) is 11.4 Å². The number of hydrogen-bond donors (Lipinski definition) is 3. The first-order valence-corrected chi connectivity index (χ1v) is 5.18. The predicted molar refractivity (Wildman–Crippen MR) is 60.0 cm³/mol. The molecule has 2 heterocycles. The minimum atomic E-state index is -0.408. The van der Waals surface area contributed by atoms with Gasteiger partial charge < -0.3 is 11.1 Å². The molecule has 7 heteroatoms. The highest BCUT2D eigenvalue weighted by Gasteiger charge is 2.14. The number of aromatic amines is 1. The summed E-state index contributed by atoms with van der Waals surface area (Å²) in [5.74, 6) is -0.408. The zero-order chi connectivity index (χ0) is 11.5. The van der Waals surface area contributed by atoms with Gasteiger partial charge in [0.1, 0.15) is 16.8 Å². The Kier molecular flexibility index (Phi) is 2.57. The zero-order valence-electron chi connectivity index (χ0n) is 8.02. The van der Waals surface area contributed by atoms with Crippen molar-refractivity contribution in [2.75, 3.05) is 11.1 Å². The van der Waals surface area contributed by atoms with Gasteiger partial charge in [0.2, 0.25) is 0 Å². The minimum Gasteiger partial charge on any atom is -0.396 e. The molecule has 0 aliphatic carbocycles. The molecule has 16 heavy (non-hydrogen) atoms. The molecule has 0 radical (unpaired) electrons. The number of hydrogen-bond acceptors (Lipinski definition) is 5. The predicted octanol–water partition coefficient (Wildman–Crippen LogP) is 1.18. The summed E-state index contributed by atoms with van der Waals surface area (Å²) in [6.45, 7) is 0. The lowest BCUT2D eigenvalue weighted by atomic mass is 10.3. The van der Waals surface area contributed by atoms with Gasteiger partial charge in [0.25, 0.3) is 5.91 Å². The summed E-state index contributed by atoms with van der Waals surface area (Å²) in [7, 11) is 0. The van der Waals surface area contributed by atoms with Crippen LogP contribution in [0, 0.1) is 11.3 Å². The van der Waals surface area contributed by atoms with Crippen molar-refractivity contribution in [2.24, 2.45) is 0 Å². The number of anilines is 2. The third kappa shape index (κ3) is 1.74. The van der Waals surface area contributed by atoms with E-state index < -0.39 is 5.91 Å². The number of nitriles is 1. The Morgan fingerprint density at radius 3 is 3.12 bits per heavy atom. The number of H-pyrrole nitrogens is 1. The van der Waals surface area contributed by atoms with E-state index in [9.17, 15) is 4.79 Å². The number of nitrogens with zero attached hydrogens (tertiary/aromatic N) is 2. The van der Waals surface area contributed by atoms with Gasteiger partial charge in [0, 0.05) is 0 Å². The monoisotopic (exact) mass is 233 g/mol. The van der Waals surface area contributed by atoms with Crippen molar-refractivity contribution in [3.8, 4) is 6.07 Å². The van der Waals surface area contributed by atoms with Crippen LogP contribution in [-0.4, -0.2) is 16.1 Å². The van der Waals surface area contributed by atoms with Gasteiger partial charge in [-0.15, -0.1) is 11.3 Å². The van der Waals surface area contributed by atoms with Crippen LogP contribution in [0.15, 0.2) is 17.6 Å². The fraction of sp³-hybridized carbons (Fsp3) is 0. The van der Waals surface area contributed by atoms with E-state index in [1.807, 2.05) is 6.07 Å². The number of amides is 1. The molecule has 0 atom stereocenters. The molecular weight excluding hydrogens is 226 g/mol. The smallest absolute Gasteiger partial charge is 0.276 e. The molecule has 0 aliphatic heterocycles. The molecule has 2 aromatic rings. The van der Waals surface area contributed by atoms with Gasteiger partial charge in [0.15, 0.2) is 0 Å². The van der Waals surface area contributed by atoms with Gasteiger partial charge in [-0.05, 0) is 11.4 Å². The second-order valence-electron chi connectivity index (χ2n) is 2.93. The van der Waals surface area contributed by atoms with Gasteiger partial charge in [-0.2, -0.15) is 10.4 Å². The minimum absolute atomic E-state index is 0.192. The topological polar surface area (TPSA) is 108 Å². The Labute approximate surface area is 94.7 Å². The van der Waals surface area contributed by atoms with Gasteiger partial charge in [-0.25, -0.2) is 0 Å². The number of nitrogens with two attached hydrogens (primary N) is 1. The summed E-state index contributed by atoms with van der Waals surface area (Å²) < 4.78 is 0. The van der Waals surface area contributed by atoms with E-state index in [1.165, 1.54) is 17.5 Å². The first-order chi connectivity index (χ1) is 7.72. The highest BCUT2D eigenvalue weighted by atomic mass is 32.1. The number of carbonyl (C=O) groups is 1. The summed E-state index contributed by atoms with van der Waals surface area (Å²) >= 11 is 1.28. The van der Waals surface area contributed by atoms with Crippen molar-refractivity contribution < 1.29 is 4.79 Å². The maximum atomic E-state index is 11.7. The molecule has 0 spiro atoms. The summed E-state index contributed by atoms with van der Waals surface area (Å²) in [6, 6.07) is 3.61. The van der Waals surface area contributed by atoms with Crippen molar-refractivity contribution in [1.29, 1.82) is 5.26 Å². The molecular formula is C9H7N5OS. The molecule has 0 aliphatic rings. The van der Waals surface area contributed by atoms with Crippen molar-refractivity contribution in [3.05, 3.63) is 28.9 Å². The lowest BCUT2D eigenvalue weighted by molar-refractivity contribution is 0.102. The normalized spacial score (nSPS) is 9.69. The van der Waals surface area contributed by atoms with Crippen LogP contribution >= 0.6 is 11.3 Å². The Morgan fingerprint density at radius 1 is 1.69 bits per heavy atom. The van der Waals surface area contributed by atoms with Crippen LogP contribution in [0.1, 0.15) is 16.1 Å². The quantitative estimate of drug-likeness (QED) is 0.723. The zero-order valence-corrected chi connectivity index (χ0v) is 8.84. The van der Waals surface area contributed by atoms with Crippen molar-refractivity contribution in [3.63, 3.8) is 0 Å². The van der Waals surface area contributed by atoms with Crippen LogP contribution in [0.5, 0.6) is 0 Å². The Bertz CT molecular complexity index is 564. The lowest BCUT2D eigenvalue weighted by Crippen LogP contribution is -2.13. The third-order valence-electron chi connectivity index (χ3n) is 1.91. The van der Waals surface area contributed by atoms with E-state index in [-0.39, 0.29) is 11.4 Å². The second kappa shape index (κ2) is 4.04. The molecule has 2 rings (SSSR count). The van der Waals surface area contributed by atoms with Crippen LogP contribution in [0.25, 0.3) is 0 Å². The molecule has 4 N–H and O–H groups in total. The van der Waals surface area contributed by atoms with E-state index >= 15 is 0 Å². The molecule has 0 aromatic carbocycles. The maximum absolute atomic E-state index is 11.7. The van der Waals surface area contributed by atoms with Crippen LogP contribution in [0.2, 0.25) is 0 Å². The SMILES string of the molecule is N#Cc1ccsc1NC(=O)c1[nH]ncc1N. The van der Waals surface area contributed by atoms with Crippen LogP contribution < -0.4 is 11.1 Å². The third-order valence-corrected chi connectivity index (χ3v) is 2.74. The summed E-state index contributed by atoms with van der Waals surface area (Å²) in [6.07, 6.45) is 1.36. The highest BCUT2D eigenvalue weighted by molar-refractivity contribution is 7.14. The van der Waals surface area contributed by atoms with Gasteiger partial charge in [0.05, 0.1) is 17.4 Å². The number of nitrogen functional groups attached to an aromatic ring is 1. The van der Waals surface area contributed by atoms with E-state index in [0.717, 1.165) is 0 Å². The number of nitrogens with one attached hydrogen (secondary N) is 2. The second-order valence-corrected chi connectivity index (χ2v) is 3.85. The molecule has 0 unspecified atom stereocenters. The lowest BCUT2D eigenvalue weighted by Gasteiger charge is -2.01. The van der Waals surface area contributed by atoms with Crippen LogP contribution in [0.3, 0.4) is 0 Å². The van der Waals surface area contributed by atoms with Gasteiger partial charge >= 0.3 is 0 Å². The van der Waals surface area contributed by atoms with Crippen molar-refractivity contribution >= 4 is 27.9 Å². The maximum Gasteiger partial charge on any atom is 0.276 e. The average molecular weight is 233 g/mol. The molecule has 0 saturated carbocycles. The highest BCUT2D eigenvalue weighted by Crippen LogP contribution is 2.23. The van der Waals surface area contributed by atoms with Crippen LogP contribution in [-0.2, 0) is 0 Å². The number of aromatic nitrogens is 2. The van der Waals surface area contributed by atoms with Gasteiger partial charge in [-0.3, -0.25) is 9.89 Å². The van der Waals surface area contributed by atoms with Crippen LogP contribution in [0.4, 0.5) is 10.7 Å². The Hall–Kier alpha value is -2.33. The summed E-state index contributed by atoms with van der Waals surface area (Å²) in [4.78, 5) is 11.7. The molecule has 80 valence electrons. The average Bonchev–Trinajstić information content (AvgIpc) is 2.86. The van der Waals surface area contributed by atoms with Gasteiger partial charge in [-0.1, -0.05) is 0 Å². The first-order valence-electron chi connectivity index (χ1n) is 4.30. The molecule has 0 bridgehead atoms. The molecule has 1 amide bonds. The largest absolute Gasteiger partial charge is 0.396 e. The summed E-state index contributed by atoms with van der Waals surface area (Å²) in [5.41, 5.74) is 6.41. The van der Waals surface area contributed by atoms with E-state index in [2.05, 4.69) is 15.5 Å². The standard InChI is InChI=1S/C9H7N5OS/c10-3-5-1-2-16-9(5)13-8(15)7-6(11)4-12-14-7/h1-2,4H,11H2,(H,12,14)(H,13,15). The molecule has 0 saturated heterocycles. The molecule has 2 aromatic heterocycles. The number of carbonyl (C=O) groups excluding carboxylic acids is 1.